The first-order chi connectivity index (χ1) is 6.41. The van der Waals surface area contributed by atoms with Crippen molar-refractivity contribution in [2.24, 2.45) is 0 Å². The molecule has 0 aromatic heterocycles. The molecule has 0 aliphatic carbocycles. The minimum atomic E-state index is 0.930. The van der Waals surface area contributed by atoms with E-state index in [1.54, 1.807) is 0 Å². The van der Waals surface area contributed by atoms with Crippen LogP contribution in [0.2, 0.25) is 0 Å². The second-order valence-electron chi connectivity index (χ2n) is 3.20. The van der Waals surface area contributed by atoms with Crippen LogP contribution in [0.15, 0.2) is 0 Å². The van der Waals surface area contributed by atoms with Gasteiger partial charge in [-0.1, -0.05) is 0 Å². The Hall–Kier alpha value is 0.117. The van der Waals surface area contributed by atoms with Gasteiger partial charge in [0.25, 0.3) is 0 Å². The molecule has 0 rings (SSSR count). The van der Waals surface area contributed by atoms with Gasteiger partial charge in [0, 0.05) is 0 Å². The molecule has 13 heavy (non-hydrogen) atoms. The van der Waals surface area contributed by atoms with Gasteiger partial charge < -0.3 is 0 Å². The number of ether oxygens (including phenoxy) is 1. The van der Waals surface area contributed by atoms with E-state index in [4.69, 9.17) is 4.74 Å². The van der Waals surface area contributed by atoms with Gasteiger partial charge in [0.15, 0.2) is 0 Å². The molecule has 0 fully saturated rings. The zero-order chi connectivity index (χ0) is 9.78. The van der Waals surface area contributed by atoms with Crippen molar-refractivity contribution in [2.75, 3.05) is 13.2 Å². The van der Waals surface area contributed by atoms with Crippen molar-refractivity contribution in [1.82, 2.24) is 0 Å². The molecule has 0 aromatic carbocycles. The van der Waals surface area contributed by atoms with Crippen LogP contribution in [0.5, 0.6) is 0 Å². The Morgan fingerprint density at radius 3 is 2.54 bits per heavy atom. The summed E-state index contributed by atoms with van der Waals surface area (Å²) in [5.41, 5.74) is 0. The predicted octanol–water partition coefficient (Wildman–Crippen LogP) is 2.49. The van der Waals surface area contributed by atoms with Crippen LogP contribution in [0.25, 0.3) is 0 Å². The number of hydrogen-bond donors (Lipinski definition) is 0. The molecular formula is C11H19LiO. The fraction of sp³-hybridized carbons (Fsp3) is 0.818. The second kappa shape index (κ2) is 12.1. The summed E-state index contributed by atoms with van der Waals surface area (Å²) in [5, 5.41) is 0. The van der Waals surface area contributed by atoms with Crippen LogP contribution < -0.4 is 0 Å². The van der Waals surface area contributed by atoms with Gasteiger partial charge in [-0.2, -0.15) is 0 Å². The van der Waals surface area contributed by atoms with Crippen molar-refractivity contribution < 1.29 is 4.74 Å². The summed E-state index contributed by atoms with van der Waals surface area (Å²) in [6.07, 6.45) is 7.13. The summed E-state index contributed by atoms with van der Waals surface area (Å²) in [6, 6.07) is 0. The number of rotatable bonds is 8. The molecule has 0 amide bonds. The summed E-state index contributed by atoms with van der Waals surface area (Å²) in [4.78, 5) is 0. The fourth-order valence-electron chi connectivity index (χ4n) is 1.07. The summed E-state index contributed by atoms with van der Waals surface area (Å²) >= 11 is 1.90. The van der Waals surface area contributed by atoms with E-state index in [1.807, 2.05) is 17.7 Å². The van der Waals surface area contributed by atoms with Crippen LogP contribution in [0.3, 0.4) is 0 Å². The first-order valence-corrected chi connectivity index (χ1v) is 5.39. The number of hydrogen-bond acceptors (Lipinski definition) is 1. The quantitative estimate of drug-likeness (QED) is 0.312. The fourth-order valence-corrected chi connectivity index (χ4v) is 1.07. The molecule has 1 nitrogen and oxygen atoms in total. The van der Waals surface area contributed by atoms with Gasteiger partial charge in [-0.15, -0.1) is 0 Å². The van der Waals surface area contributed by atoms with Crippen LogP contribution in [-0.4, -0.2) is 30.9 Å². The van der Waals surface area contributed by atoms with Gasteiger partial charge in [-0.3, -0.25) is 0 Å². The molecule has 70 valence electrons. The summed E-state index contributed by atoms with van der Waals surface area (Å²) < 4.78 is 8.35. The van der Waals surface area contributed by atoms with Crippen LogP contribution in [-0.2, 0) is 4.74 Å². The van der Waals surface area contributed by atoms with Gasteiger partial charge >= 0.3 is 91.6 Å². The van der Waals surface area contributed by atoms with Crippen LogP contribution in [0.4, 0.5) is 0 Å². The normalized spacial score (nSPS) is 9.46. The summed E-state index contributed by atoms with van der Waals surface area (Å²) in [5.74, 6) is 3.07. The molecule has 0 atom stereocenters. The van der Waals surface area contributed by atoms with E-state index in [0.29, 0.717) is 0 Å². The Morgan fingerprint density at radius 2 is 1.85 bits per heavy atom. The molecule has 2 heteroatoms. The first kappa shape index (κ1) is 13.1. The van der Waals surface area contributed by atoms with Crippen molar-refractivity contribution in [1.29, 1.82) is 0 Å². The molecule has 0 aliphatic heterocycles. The van der Waals surface area contributed by atoms with E-state index in [1.165, 1.54) is 32.1 Å². The molecule has 0 spiro atoms. The Kier molecular flexibility index (Phi) is 12.2. The van der Waals surface area contributed by atoms with E-state index in [2.05, 4.69) is 17.4 Å². The van der Waals surface area contributed by atoms with Crippen molar-refractivity contribution in [3.8, 4) is 10.5 Å². The van der Waals surface area contributed by atoms with Gasteiger partial charge in [-0.25, -0.2) is 0 Å². The van der Waals surface area contributed by atoms with E-state index < -0.39 is 0 Å². The van der Waals surface area contributed by atoms with E-state index >= 15 is 0 Å². The maximum atomic E-state index is 5.44. The molecule has 0 bridgehead atoms. The Bertz CT molecular complexity index is 146. The molecule has 0 heterocycles. The first-order valence-electron chi connectivity index (χ1n) is 5.39. The van der Waals surface area contributed by atoms with Gasteiger partial charge in [-0.05, 0) is 0 Å². The van der Waals surface area contributed by atoms with Gasteiger partial charge in [0.05, 0.1) is 0 Å². The molecule has 0 aromatic rings. The topological polar surface area (TPSA) is 9.23 Å². The maximum absolute atomic E-state index is 5.44. The molecule has 0 unspecified atom stereocenters. The molecule has 0 saturated heterocycles. The number of unbranched alkanes of at least 4 members (excludes halogenated alkanes) is 4. The van der Waals surface area contributed by atoms with Crippen LogP contribution in [0, 0.1) is 10.5 Å². The predicted molar refractivity (Wildman–Crippen MR) is 57.7 cm³/mol. The Balaban J connectivity index is 2.86. The van der Waals surface area contributed by atoms with Crippen LogP contribution >= 0.6 is 0 Å². The van der Waals surface area contributed by atoms with E-state index in [-0.39, 0.29) is 0 Å². The standard InChI is InChI=1S/C11H19O.Li/c1-3-5-7-8-9-11-12-10-6-4-2;/h4-11H2,2H3;. The monoisotopic (exact) mass is 174 g/mol. The zero-order valence-corrected chi connectivity index (χ0v) is 9.07. The molecule has 0 aliphatic rings. The van der Waals surface area contributed by atoms with Crippen molar-refractivity contribution in [3.63, 3.8) is 0 Å². The average molecular weight is 174 g/mol. The van der Waals surface area contributed by atoms with Crippen molar-refractivity contribution in [3.05, 3.63) is 0 Å². The molecule has 0 radical (unpaired) electrons. The third-order valence-electron chi connectivity index (χ3n) is 1.91. The molecule has 0 saturated carbocycles. The van der Waals surface area contributed by atoms with Crippen molar-refractivity contribution in [2.45, 2.75) is 45.4 Å². The SMILES string of the molecule is [Li][C]#CCCCCCOCCCC. The van der Waals surface area contributed by atoms with Crippen molar-refractivity contribution >= 4 is 17.7 Å². The Labute approximate surface area is 91.8 Å². The molecular weight excluding hydrogens is 155 g/mol. The third kappa shape index (κ3) is 12.1. The van der Waals surface area contributed by atoms with Gasteiger partial charge in [0.2, 0.25) is 0 Å². The summed E-state index contributed by atoms with van der Waals surface area (Å²) in [7, 11) is 0. The zero-order valence-electron chi connectivity index (χ0n) is 9.07. The van der Waals surface area contributed by atoms with Crippen LogP contribution in [0.1, 0.15) is 45.4 Å². The average Bonchev–Trinajstić information content (AvgIpc) is 2.16. The third-order valence-corrected chi connectivity index (χ3v) is 1.91. The summed E-state index contributed by atoms with van der Waals surface area (Å²) in [6.45, 7) is 4.05. The Morgan fingerprint density at radius 1 is 1.08 bits per heavy atom. The minimum absolute atomic E-state index is 0.930. The second-order valence-corrected chi connectivity index (χ2v) is 3.20. The van der Waals surface area contributed by atoms with E-state index in [0.717, 1.165) is 19.6 Å². The van der Waals surface area contributed by atoms with Gasteiger partial charge in [0.1, 0.15) is 0 Å². The van der Waals surface area contributed by atoms with E-state index in [9.17, 15) is 0 Å². The molecule has 0 N–H and O–H groups in total.